The number of urea groups is 1. The number of hydrogen-bond donors (Lipinski definition) is 3. The molecule has 0 spiro atoms. The van der Waals surface area contributed by atoms with Crippen LogP contribution < -0.4 is 21.1 Å². The van der Waals surface area contributed by atoms with Crippen LogP contribution in [-0.2, 0) is 4.79 Å². The van der Waals surface area contributed by atoms with Gasteiger partial charge < -0.3 is 15.8 Å². The summed E-state index contributed by atoms with van der Waals surface area (Å²) in [7, 11) is 0. The average molecular weight is 279 g/mol. The summed E-state index contributed by atoms with van der Waals surface area (Å²) in [5.41, 5.74) is 5.35. The molecule has 1 aromatic rings. The van der Waals surface area contributed by atoms with Crippen LogP contribution in [0.1, 0.15) is 23.7 Å². The van der Waals surface area contributed by atoms with Crippen LogP contribution in [0.25, 0.3) is 0 Å². The van der Waals surface area contributed by atoms with Gasteiger partial charge in [0.25, 0.3) is 11.8 Å². The normalized spacial score (nSPS) is 9.65. The molecular weight excluding hydrogens is 262 g/mol. The highest BCUT2D eigenvalue weighted by Gasteiger charge is 2.11. The van der Waals surface area contributed by atoms with Crippen molar-refractivity contribution in [3.8, 4) is 5.75 Å². The number of primary amides is 1. The van der Waals surface area contributed by atoms with Crippen LogP contribution in [0.5, 0.6) is 5.75 Å². The second kappa shape index (κ2) is 7.78. The van der Waals surface area contributed by atoms with Gasteiger partial charge in [-0.25, -0.2) is 4.79 Å². The van der Waals surface area contributed by atoms with E-state index in [2.05, 4.69) is 10.6 Å². The van der Waals surface area contributed by atoms with Crippen LogP contribution in [0.2, 0.25) is 0 Å². The van der Waals surface area contributed by atoms with Crippen molar-refractivity contribution < 1.29 is 19.1 Å². The predicted molar refractivity (Wildman–Crippen MR) is 72.3 cm³/mol. The number of ether oxygens (including phenoxy) is 1. The van der Waals surface area contributed by atoms with Crippen molar-refractivity contribution in [3.05, 3.63) is 29.8 Å². The first-order chi connectivity index (χ1) is 9.54. The molecule has 0 saturated heterocycles. The number of carbonyl (C=O) groups excluding carboxylic acids is 3. The maximum Gasteiger partial charge on any atom is 0.321 e. The quantitative estimate of drug-likeness (QED) is 0.700. The van der Waals surface area contributed by atoms with Crippen molar-refractivity contribution in [3.63, 3.8) is 0 Å². The van der Waals surface area contributed by atoms with E-state index in [1.54, 1.807) is 12.1 Å². The number of hydrogen-bond acceptors (Lipinski definition) is 4. The van der Waals surface area contributed by atoms with E-state index >= 15 is 0 Å². The molecule has 1 aromatic carbocycles. The molecule has 4 amide bonds. The molecule has 0 heterocycles. The molecule has 20 heavy (non-hydrogen) atoms. The number of benzene rings is 1. The van der Waals surface area contributed by atoms with E-state index in [1.807, 2.05) is 6.92 Å². The lowest BCUT2D eigenvalue weighted by Gasteiger charge is -2.09. The highest BCUT2D eigenvalue weighted by Crippen LogP contribution is 2.16. The summed E-state index contributed by atoms with van der Waals surface area (Å²) in [6.07, 6.45) is 0.768. The Morgan fingerprint density at radius 1 is 1.25 bits per heavy atom. The third kappa shape index (κ3) is 4.97. The number of carbonyl (C=O) groups is 3. The zero-order chi connectivity index (χ0) is 15.0. The summed E-state index contributed by atoms with van der Waals surface area (Å²) < 4.78 is 5.17. The molecule has 7 nitrogen and oxygen atoms in total. The van der Waals surface area contributed by atoms with Crippen molar-refractivity contribution >= 4 is 17.8 Å². The van der Waals surface area contributed by atoms with Gasteiger partial charge in [-0.3, -0.25) is 14.9 Å². The average Bonchev–Trinajstić information content (AvgIpc) is 2.43. The summed E-state index contributed by atoms with van der Waals surface area (Å²) in [6.45, 7) is 1.99. The van der Waals surface area contributed by atoms with Crippen LogP contribution in [0.3, 0.4) is 0 Å². The molecule has 0 unspecified atom stereocenters. The molecule has 4 N–H and O–H groups in total. The summed E-state index contributed by atoms with van der Waals surface area (Å²) >= 11 is 0. The van der Waals surface area contributed by atoms with E-state index < -0.39 is 17.8 Å². The van der Waals surface area contributed by atoms with Gasteiger partial charge in [0.15, 0.2) is 6.61 Å². The third-order valence-electron chi connectivity index (χ3n) is 2.30. The second-order valence-corrected chi connectivity index (χ2v) is 3.95. The standard InChI is InChI=1S/C13H17N3O4/c1-2-7-15-13(19)16-11(17)8-20-10-6-4-3-5-9(10)12(14)18/h3-6H,2,7-8H2,1H3,(H2,14,18)(H2,15,16,17,19). The minimum atomic E-state index is -0.651. The van der Waals surface area contributed by atoms with Gasteiger partial charge in [-0.05, 0) is 18.6 Å². The zero-order valence-electron chi connectivity index (χ0n) is 11.1. The Balaban J connectivity index is 2.49. The molecule has 0 bridgehead atoms. The number of imide groups is 1. The number of nitrogens with one attached hydrogen (secondary N) is 2. The largest absolute Gasteiger partial charge is 0.483 e. The highest BCUT2D eigenvalue weighted by atomic mass is 16.5. The fraction of sp³-hybridized carbons (Fsp3) is 0.308. The third-order valence-corrected chi connectivity index (χ3v) is 2.30. The van der Waals surface area contributed by atoms with Crippen LogP contribution in [-0.4, -0.2) is 31.0 Å². The first-order valence-corrected chi connectivity index (χ1v) is 6.14. The van der Waals surface area contributed by atoms with Crippen molar-refractivity contribution in [1.29, 1.82) is 0 Å². The van der Waals surface area contributed by atoms with Gasteiger partial charge in [0, 0.05) is 6.54 Å². The summed E-state index contributed by atoms with van der Waals surface area (Å²) in [5.74, 6) is -1.07. The Hall–Kier alpha value is -2.57. The molecule has 1 rings (SSSR count). The van der Waals surface area contributed by atoms with Gasteiger partial charge in [-0.15, -0.1) is 0 Å². The SMILES string of the molecule is CCCNC(=O)NC(=O)COc1ccccc1C(N)=O. The Bertz CT molecular complexity index is 502. The fourth-order valence-electron chi connectivity index (χ4n) is 1.38. The van der Waals surface area contributed by atoms with Crippen molar-refractivity contribution in [2.45, 2.75) is 13.3 Å². The maximum atomic E-state index is 11.5. The van der Waals surface area contributed by atoms with Crippen molar-refractivity contribution in [2.24, 2.45) is 5.73 Å². The van der Waals surface area contributed by atoms with E-state index in [0.717, 1.165) is 6.42 Å². The van der Waals surface area contributed by atoms with Crippen LogP contribution in [0, 0.1) is 0 Å². The van der Waals surface area contributed by atoms with Gasteiger partial charge in [0.2, 0.25) is 0 Å². The van der Waals surface area contributed by atoms with Crippen LogP contribution >= 0.6 is 0 Å². The van der Waals surface area contributed by atoms with E-state index in [0.29, 0.717) is 6.54 Å². The molecular formula is C13H17N3O4. The second-order valence-electron chi connectivity index (χ2n) is 3.95. The van der Waals surface area contributed by atoms with Gasteiger partial charge >= 0.3 is 6.03 Å². The zero-order valence-corrected chi connectivity index (χ0v) is 11.1. The van der Waals surface area contributed by atoms with Crippen molar-refractivity contribution in [2.75, 3.05) is 13.2 Å². The predicted octanol–water partition coefficient (Wildman–Crippen LogP) is 0.400. The molecule has 0 aliphatic carbocycles. The molecule has 0 saturated carbocycles. The van der Waals surface area contributed by atoms with E-state index in [9.17, 15) is 14.4 Å². The lowest BCUT2D eigenvalue weighted by atomic mass is 10.2. The first kappa shape index (κ1) is 15.5. The van der Waals surface area contributed by atoms with E-state index in [1.165, 1.54) is 12.1 Å². The summed E-state index contributed by atoms with van der Waals surface area (Å²) in [4.78, 5) is 33.8. The molecule has 0 aromatic heterocycles. The van der Waals surface area contributed by atoms with E-state index in [-0.39, 0.29) is 17.9 Å². The molecule has 0 aliphatic rings. The van der Waals surface area contributed by atoms with Crippen LogP contribution in [0.4, 0.5) is 4.79 Å². The molecule has 0 radical (unpaired) electrons. The Morgan fingerprint density at radius 3 is 2.60 bits per heavy atom. The summed E-state index contributed by atoms with van der Waals surface area (Å²) in [6, 6.07) is 5.70. The smallest absolute Gasteiger partial charge is 0.321 e. The van der Waals surface area contributed by atoms with Gasteiger partial charge in [-0.1, -0.05) is 19.1 Å². The lowest BCUT2D eigenvalue weighted by Crippen LogP contribution is -2.41. The first-order valence-electron chi connectivity index (χ1n) is 6.14. The molecule has 0 aliphatic heterocycles. The number of rotatable bonds is 6. The Labute approximate surface area is 116 Å². The maximum absolute atomic E-state index is 11.5. The lowest BCUT2D eigenvalue weighted by molar-refractivity contribution is -0.122. The monoisotopic (exact) mass is 279 g/mol. The summed E-state index contributed by atoms with van der Waals surface area (Å²) in [5, 5.41) is 4.59. The van der Waals surface area contributed by atoms with Gasteiger partial charge in [-0.2, -0.15) is 0 Å². The molecule has 108 valence electrons. The number of para-hydroxylation sites is 1. The Morgan fingerprint density at radius 2 is 1.95 bits per heavy atom. The van der Waals surface area contributed by atoms with Gasteiger partial charge in [0.05, 0.1) is 5.56 Å². The van der Waals surface area contributed by atoms with Gasteiger partial charge in [0.1, 0.15) is 5.75 Å². The topological polar surface area (TPSA) is 111 Å². The minimum Gasteiger partial charge on any atom is -0.483 e. The fourth-order valence-corrected chi connectivity index (χ4v) is 1.38. The van der Waals surface area contributed by atoms with Crippen LogP contribution in [0.15, 0.2) is 24.3 Å². The number of amides is 4. The molecule has 0 atom stereocenters. The Kier molecular flexibility index (Phi) is 6.02. The van der Waals surface area contributed by atoms with E-state index in [4.69, 9.17) is 10.5 Å². The highest BCUT2D eigenvalue weighted by molar-refractivity contribution is 5.96. The number of nitrogens with two attached hydrogens (primary N) is 1. The minimum absolute atomic E-state index is 0.177. The van der Waals surface area contributed by atoms with Crippen molar-refractivity contribution in [1.82, 2.24) is 10.6 Å². The molecule has 7 heteroatoms. The molecule has 0 fully saturated rings.